The molecule has 0 saturated heterocycles. The maximum absolute atomic E-state index is 5.98. The summed E-state index contributed by atoms with van der Waals surface area (Å²) in [5, 5.41) is 0. The number of nitrogen functional groups attached to an aromatic ring is 2. The van der Waals surface area contributed by atoms with Gasteiger partial charge in [-0.3, -0.25) is 0 Å². The summed E-state index contributed by atoms with van der Waals surface area (Å²) in [6.07, 6.45) is 1.09. The van der Waals surface area contributed by atoms with Gasteiger partial charge in [0.25, 0.3) is 0 Å². The van der Waals surface area contributed by atoms with Gasteiger partial charge in [0.1, 0.15) is 0 Å². The van der Waals surface area contributed by atoms with E-state index < -0.39 is 0 Å². The van der Waals surface area contributed by atoms with Gasteiger partial charge in [-0.2, -0.15) is 0 Å². The van der Waals surface area contributed by atoms with Crippen LogP contribution >= 0.6 is 0 Å². The van der Waals surface area contributed by atoms with E-state index >= 15 is 0 Å². The first-order valence-electron chi connectivity index (χ1n) is 7.09. The lowest BCUT2D eigenvalue weighted by molar-refractivity contribution is 0.425. The van der Waals surface area contributed by atoms with Crippen LogP contribution in [-0.2, 0) is 10.8 Å². The minimum absolute atomic E-state index is 0.0280. The molecule has 0 radical (unpaired) electrons. The molecule has 0 spiro atoms. The zero-order chi connectivity index (χ0) is 14.5. The summed E-state index contributed by atoms with van der Waals surface area (Å²) in [5.41, 5.74) is 17.7. The fraction of sp³-hybridized carbons (Fsp3) is 0.333. The zero-order valence-electron chi connectivity index (χ0n) is 12.4. The van der Waals surface area contributed by atoms with Crippen molar-refractivity contribution in [2.75, 3.05) is 11.5 Å². The summed E-state index contributed by atoms with van der Waals surface area (Å²) in [7, 11) is 0. The van der Waals surface area contributed by atoms with Crippen LogP contribution in [0.15, 0.2) is 42.5 Å². The highest BCUT2D eigenvalue weighted by Gasteiger charge is 2.45. The summed E-state index contributed by atoms with van der Waals surface area (Å²) in [6.45, 7) is 6.92. The molecule has 1 aliphatic rings. The van der Waals surface area contributed by atoms with Gasteiger partial charge < -0.3 is 11.5 Å². The Bertz CT molecular complexity index is 656. The molecule has 0 bridgehead atoms. The van der Waals surface area contributed by atoms with Crippen LogP contribution in [0.5, 0.6) is 0 Å². The van der Waals surface area contributed by atoms with Crippen molar-refractivity contribution in [2.24, 2.45) is 0 Å². The molecule has 4 N–H and O–H groups in total. The predicted octanol–water partition coefficient (Wildman–Crippen LogP) is 3.84. The molecule has 104 valence electrons. The van der Waals surface area contributed by atoms with Crippen LogP contribution in [0.1, 0.15) is 43.9 Å². The van der Waals surface area contributed by atoms with Gasteiger partial charge in [-0.05, 0) is 52.8 Å². The van der Waals surface area contributed by atoms with Crippen molar-refractivity contribution < 1.29 is 0 Å². The second-order valence-corrected chi connectivity index (χ2v) is 6.82. The molecule has 0 aliphatic heterocycles. The highest BCUT2D eigenvalue weighted by molar-refractivity contribution is 5.57. The molecule has 0 aromatic heterocycles. The predicted molar refractivity (Wildman–Crippen MR) is 85.8 cm³/mol. The van der Waals surface area contributed by atoms with Gasteiger partial charge in [0.05, 0.1) is 0 Å². The smallest absolute Gasteiger partial charge is 0.0317 e. The van der Waals surface area contributed by atoms with Crippen LogP contribution in [-0.4, -0.2) is 0 Å². The first kappa shape index (κ1) is 13.0. The Morgan fingerprint density at radius 2 is 1.40 bits per heavy atom. The molecule has 2 nitrogen and oxygen atoms in total. The molecule has 0 saturated carbocycles. The summed E-state index contributed by atoms with van der Waals surface area (Å²) in [5.74, 6) is 0. The number of anilines is 2. The standard InChI is InChI=1S/C18H22N2/c1-17(2)11-18(3,12-4-6-13(19)7-5-12)15-9-8-14(20)10-16(15)17/h4-10H,11,19-20H2,1-3H3/t18-/m1/s1. The van der Waals surface area contributed by atoms with Gasteiger partial charge in [0.15, 0.2) is 0 Å². The highest BCUT2D eigenvalue weighted by atomic mass is 14.6. The molecule has 0 fully saturated rings. The Morgan fingerprint density at radius 3 is 2.05 bits per heavy atom. The van der Waals surface area contributed by atoms with Crippen LogP contribution in [0.4, 0.5) is 11.4 Å². The van der Waals surface area contributed by atoms with Crippen molar-refractivity contribution in [3.63, 3.8) is 0 Å². The first-order valence-corrected chi connectivity index (χ1v) is 7.09. The van der Waals surface area contributed by atoms with Gasteiger partial charge in [0, 0.05) is 16.8 Å². The van der Waals surface area contributed by atoms with E-state index in [1.807, 2.05) is 18.2 Å². The molecule has 3 rings (SSSR count). The number of fused-ring (bicyclic) bond motifs is 1. The normalized spacial score (nSPS) is 23.6. The third-order valence-electron chi connectivity index (χ3n) is 4.71. The van der Waals surface area contributed by atoms with Gasteiger partial charge in [-0.15, -0.1) is 0 Å². The van der Waals surface area contributed by atoms with Crippen LogP contribution < -0.4 is 11.5 Å². The van der Waals surface area contributed by atoms with E-state index in [1.54, 1.807) is 0 Å². The van der Waals surface area contributed by atoms with Crippen molar-refractivity contribution in [2.45, 2.75) is 38.0 Å². The molecule has 1 atom stereocenters. The van der Waals surface area contributed by atoms with E-state index in [1.165, 1.54) is 16.7 Å². The van der Waals surface area contributed by atoms with Crippen molar-refractivity contribution in [3.05, 3.63) is 59.2 Å². The summed E-state index contributed by atoms with van der Waals surface area (Å²) < 4.78 is 0. The lowest BCUT2D eigenvalue weighted by Crippen LogP contribution is -2.23. The summed E-state index contributed by atoms with van der Waals surface area (Å²) >= 11 is 0. The minimum atomic E-state index is 0.0280. The van der Waals surface area contributed by atoms with Crippen LogP contribution in [0.2, 0.25) is 0 Å². The Morgan fingerprint density at radius 1 is 0.800 bits per heavy atom. The molecule has 0 heterocycles. The second-order valence-electron chi connectivity index (χ2n) is 6.82. The average molecular weight is 266 g/mol. The van der Waals surface area contributed by atoms with Gasteiger partial charge in [-0.1, -0.05) is 39.0 Å². The molecule has 20 heavy (non-hydrogen) atoms. The summed E-state index contributed by atoms with van der Waals surface area (Å²) in [6, 6.07) is 14.6. The molecular weight excluding hydrogens is 244 g/mol. The van der Waals surface area contributed by atoms with E-state index in [2.05, 4.69) is 45.0 Å². The number of nitrogens with two attached hydrogens (primary N) is 2. The van der Waals surface area contributed by atoms with E-state index in [4.69, 9.17) is 11.5 Å². The van der Waals surface area contributed by atoms with E-state index in [9.17, 15) is 0 Å². The lowest BCUT2D eigenvalue weighted by atomic mass is 9.75. The quantitative estimate of drug-likeness (QED) is 0.770. The van der Waals surface area contributed by atoms with E-state index in [0.717, 1.165) is 17.8 Å². The number of benzene rings is 2. The Hall–Kier alpha value is -1.96. The molecule has 0 unspecified atom stereocenters. The molecule has 1 aliphatic carbocycles. The van der Waals surface area contributed by atoms with Crippen LogP contribution in [0.3, 0.4) is 0 Å². The number of rotatable bonds is 1. The van der Waals surface area contributed by atoms with Crippen molar-refractivity contribution in [1.29, 1.82) is 0 Å². The number of hydrogen-bond donors (Lipinski definition) is 2. The van der Waals surface area contributed by atoms with Crippen LogP contribution in [0, 0.1) is 0 Å². The van der Waals surface area contributed by atoms with Gasteiger partial charge >= 0.3 is 0 Å². The Balaban J connectivity index is 2.20. The Labute approximate surface area is 120 Å². The molecule has 2 aromatic rings. The second kappa shape index (κ2) is 4.02. The third kappa shape index (κ3) is 1.79. The monoisotopic (exact) mass is 266 g/mol. The fourth-order valence-corrected chi connectivity index (χ4v) is 3.79. The third-order valence-corrected chi connectivity index (χ3v) is 4.71. The fourth-order valence-electron chi connectivity index (χ4n) is 3.79. The van der Waals surface area contributed by atoms with Crippen LogP contribution in [0.25, 0.3) is 0 Å². The molecule has 2 aromatic carbocycles. The van der Waals surface area contributed by atoms with Gasteiger partial charge in [-0.25, -0.2) is 0 Å². The maximum Gasteiger partial charge on any atom is 0.0317 e. The first-order chi connectivity index (χ1) is 9.33. The maximum atomic E-state index is 5.98. The highest BCUT2D eigenvalue weighted by Crippen LogP contribution is 2.53. The van der Waals surface area contributed by atoms with E-state index in [0.29, 0.717) is 0 Å². The van der Waals surface area contributed by atoms with Crippen molar-refractivity contribution in [3.8, 4) is 0 Å². The summed E-state index contributed by atoms with van der Waals surface area (Å²) in [4.78, 5) is 0. The van der Waals surface area contributed by atoms with Crippen molar-refractivity contribution >= 4 is 11.4 Å². The van der Waals surface area contributed by atoms with Crippen molar-refractivity contribution in [1.82, 2.24) is 0 Å². The Kier molecular flexibility index (Phi) is 2.62. The largest absolute Gasteiger partial charge is 0.399 e. The SMILES string of the molecule is CC1(C)C[C@](C)(c2ccc(N)cc2)c2ccc(N)cc21. The molecular formula is C18H22N2. The van der Waals surface area contributed by atoms with Gasteiger partial charge in [0.2, 0.25) is 0 Å². The van der Waals surface area contributed by atoms with E-state index in [-0.39, 0.29) is 10.8 Å². The minimum Gasteiger partial charge on any atom is -0.399 e. The zero-order valence-corrected chi connectivity index (χ0v) is 12.4. The number of hydrogen-bond acceptors (Lipinski definition) is 2. The average Bonchev–Trinajstić information content (AvgIpc) is 2.58. The lowest BCUT2D eigenvalue weighted by Gasteiger charge is -2.28. The topological polar surface area (TPSA) is 52.0 Å². The molecule has 0 amide bonds. The molecule has 2 heteroatoms.